The molecule has 13 amide bonds. The summed E-state index contributed by atoms with van der Waals surface area (Å²) in [5.74, 6) is -22.1. The van der Waals surface area contributed by atoms with E-state index < -0.39 is 254 Å². The molecule has 28 N–H and O–H groups in total. The van der Waals surface area contributed by atoms with Gasteiger partial charge in [0, 0.05) is 51.2 Å². The van der Waals surface area contributed by atoms with Crippen LogP contribution in [0, 0.1) is 28.6 Å². The summed E-state index contributed by atoms with van der Waals surface area (Å²) in [6.45, 7) is 10.1. The fourth-order valence-corrected chi connectivity index (χ4v) is 11.0. The molecule has 0 fully saturated rings. The van der Waals surface area contributed by atoms with Gasteiger partial charge in [-0.2, -0.15) is 0 Å². The number of pyridine rings is 1. The third-order valence-electron chi connectivity index (χ3n) is 17.7. The van der Waals surface area contributed by atoms with Gasteiger partial charge in [-0.15, -0.1) is 0 Å². The molecule has 0 saturated heterocycles. The first kappa shape index (κ1) is 96.9. The van der Waals surface area contributed by atoms with Crippen LogP contribution in [-0.2, 0) is 94.3 Å². The van der Waals surface area contributed by atoms with Crippen molar-refractivity contribution in [2.75, 3.05) is 19.6 Å². The van der Waals surface area contributed by atoms with Gasteiger partial charge in [0.05, 0.1) is 19.0 Å². The molecule has 0 unspecified atom stereocenters. The number of carbonyl (C=O) groups excluding carboxylic acids is 13. The fraction of sp³-hybridized carbons (Fsp3) is 0.577. The second-order valence-corrected chi connectivity index (χ2v) is 27.5. The molecule has 0 spiro atoms. The second kappa shape index (κ2) is 50.6. The summed E-state index contributed by atoms with van der Waals surface area (Å²) in [4.78, 5) is 232. The first-order valence-electron chi connectivity index (χ1n) is 36.8. The zero-order valence-corrected chi connectivity index (χ0v) is 64.3. The van der Waals surface area contributed by atoms with Gasteiger partial charge in [0.2, 0.25) is 76.8 Å². The van der Waals surface area contributed by atoms with Crippen molar-refractivity contribution in [1.29, 1.82) is 10.8 Å². The van der Waals surface area contributed by atoms with Crippen LogP contribution in [0.3, 0.4) is 0 Å². The molecule has 113 heavy (non-hydrogen) atoms. The highest BCUT2D eigenvalue weighted by molar-refractivity contribution is 6.00. The van der Waals surface area contributed by atoms with Gasteiger partial charge in [0.15, 0.2) is 11.9 Å². The number of aliphatic carboxylic acids is 4. The first-order chi connectivity index (χ1) is 53.2. The minimum absolute atomic E-state index is 0.00490. The Kier molecular flexibility index (Phi) is 43.4. The van der Waals surface area contributed by atoms with Crippen LogP contribution < -0.4 is 97.4 Å². The highest BCUT2D eigenvalue weighted by Gasteiger charge is 2.38. The Morgan fingerprint density at radius 1 is 0.425 bits per heavy atom. The molecule has 0 aliphatic rings. The monoisotopic (exact) mass is 1590 g/mol. The van der Waals surface area contributed by atoms with E-state index >= 15 is 0 Å². The summed E-state index contributed by atoms with van der Waals surface area (Å²) in [6.07, 6.45) is -2.15. The number of guanidine groups is 2. The van der Waals surface area contributed by atoms with Crippen molar-refractivity contribution >= 4 is 113 Å². The van der Waals surface area contributed by atoms with E-state index in [1.807, 2.05) is 0 Å². The number of hydrogen-bond donors (Lipinski definition) is 24. The normalized spacial score (nSPS) is 14.7. The number of nitrogens with zero attached hydrogens (tertiary/aromatic N) is 1. The summed E-state index contributed by atoms with van der Waals surface area (Å²) in [5.41, 5.74) is 23.8. The van der Waals surface area contributed by atoms with Crippen molar-refractivity contribution in [3.05, 3.63) is 66.0 Å². The number of amides is 13. The van der Waals surface area contributed by atoms with Crippen molar-refractivity contribution in [3.63, 3.8) is 0 Å². The summed E-state index contributed by atoms with van der Waals surface area (Å²) < 4.78 is 0. The average molecular weight is 1590 g/mol. The zero-order chi connectivity index (χ0) is 85.2. The molecule has 0 aliphatic heterocycles. The lowest BCUT2D eigenvalue weighted by Crippen LogP contribution is -2.61. The average Bonchev–Trinajstić information content (AvgIpc) is 0.858. The minimum Gasteiger partial charge on any atom is -0.481 e. The SMILES string of the molecule is CC[C@H](C)[C@H](NC(=O)[C@H](CCCNC(=N)N)NC(=O)[C@H](CCCNC(=N)N)NC(=O)[C@H](CC(C)C)NC(=O)[C@H](CCC(=O)O)NC(=O)[C@H](CCC(N)=O)NC(=O)[C@H](C)NC(=O)[C@@H](NC(=O)[C@@H](N)Cc1cccnc1)[C@@H](C)CC)C(=O)NCC(=O)N[C@@H](CC(=O)O)C(=O)N[C@@H](CCC(=O)O)C(=O)N[C@@H](Cc1ccccc1)C(=O)O. The lowest BCUT2D eigenvalue weighted by Gasteiger charge is -2.29. The molecule has 1 heterocycles. The van der Waals surface area contributed by atoms with E-state index in [9.17, 15) is 102 Å². The van der Waals surface area contributed by atoms with Crippen molar-refractivity contribution in [2.45, 2.75) is 224 Å². The number of aromatic nitrogens is 1. The van der Waals surface area contributed by atoms with E-state index in [0.717, 1.165) is 0 Å². The maximum atomic E-state index is 14.7. The summed E-state index contributed by atoms with van der Waals surface area (Å²) in [7, 11) is 0. The topological polar surface area (TPSA) is 704 Å². The Balaban J connectivity index is 2.49. The van der Waals surface area contributed by atoms with Gasteiger partial charge in [0.1, 0.15) is 66.5 Å². The summed E-state index contributed by atoms with van der Waals surface area (Å²) >= 11 is 0. The van der Waals surface area contributed by atoms with Crippen LogP contribution in [0.1, 0.15) is 149 Å². The van der Waals surface area contributed by atoms with Gasteiger partial charge in [-0.3, -0.25) is 92.5 Å². The molecular formula is C71H111N21O21. The Morgan fingerprint density at radius 3 is 1.27 bits per heavy atom. The number of nitrogens with one attached hydrogen (secondary N) is 16. The van der Waals surface area contributed by atoms with Crippen LogP contribution in [0.5, 0.6) is 0 Å². The molecule has 42 heteroatoms. The van der Waals surface area contributed by atoms with E-state index in [1.165, 1.54) is 26.2 Å². The smallest absolute Gasteiger partial charge is 0.326 e. The molecule has 2 aromatic rings. The van der Waals surface area contributed by atoms with Gasteiger partial charge >= 0.3 is 23.9 Å². The predicted molar refractivity (Wildman–Crippen MR) is 405 cm³/mol. The van der Waals surface area contributed by atoms with Crippen LogP contribution in [0.15, 0.2) is 54.9 Å². The Morgan fingerprint density at radius 2 is 0.841 bits per heavy atom. The summed E-state index contributed by atoms with van der Waals surface area (Å²) in [5, 5.41) is 88.3. The largest absolute Gasteiger partial charge is 0.481 e. The molecule has 1 aromatic heterocycles. The van der Waals surface area contributed by atoms with E-state index in [4.69, 9.17) is 33.8 Å². The molecule has 1 aromatic carbocycles. The van der Waals surface area contributed by atoms with Gasteiger partial charge < -0.3 is 118 Å². The number of primary amides is 1. The number of hydrogen-bond acceptors (Lipinski definition) is 21. The summed E-state index contributed by atoms with van der Waals surface area (Å²) in [6, 6.07) is -7.46. The van der Waals surface area contributed by atoms with Crippen molar-refractivity contribution in [2.24, 2.45) is 40.7 Å². The third kappa shape index (κ3) is 38.4. The molecular weight excluding hydrogens is 1480 g/mol. The third-order valence-corrected chi connectivity index (χ3v) is 17.7. The lowest BCUT2D eigenvalue weighted by molar-refractivity contribution is -0.143. The van der Waals surface area contributed by atoms with E-state index in [0.29, 0.717) is 17.5 Å². The van der Waals surface area contributed by atoms with Gasteiger partial charge in [0.25, 0.3) is 0 Å². The molecule has 42 nitrogen and oxygen atoms in total. The van der Waals surface area contributed by atoms with Crippen molar-refractivity contribution in [1.82, 2.24) is 79.4 Å². The number of carbonyl (C=O) groups is 17. The van der Waals surface area contributed by atoms with E-state index in [2.05, 4.69) is 79.4 Å². The fourth-order valence-electron chi connectivity index (χ4n) is 11.0. The second-order valence-electron chi connectivity index (χ2n) is 27.5. The van der Waals surface area contributed by atoms with E-state index in [-0.39, 0.29) is 64.5 Å². The number of benzene rings is 1. The Hall–Kier alpha value is -12.1. The van der Waals surface area contributed by atoms with Crippen LogP contribution in [-0.4, -0.2) is 230 Å². The molecule has 0 aliphatic carbocycles. The van der Waals surface area contributed by atoms with Crippen molar-refractivity contribution < 1.29 is 102 Å². The van der Waals surface area contributed by atoms with Crippen LogP contribution in [0.25, 0.3) is 0 Å². The van der Waals surface area contributed by atoms with Gasteiger partial charge in [-0.05, 0) is 99.7 Å². The molecule has 2 rings (SSSR count). The van der Waals surface area contributed by atoms with Crippen molar-refractivity contribution in [3.8, 4) is 0 Å². The van der Waals surface area contributed by atoms with Gasteiger partial charge in [-0.25, -0.2) is 4.79 Å². The molecule has 626 valence electrons. The van der Waals surface area contributed by atoms with Crippen LogP contribution in [0.4, 0.5) is 0 Å². The molecule has 0 radical (unpaired) electrons. The lowest BCUT2D eigenvalue weighted by atomic mass is 9.97. The van der Waals surface area contributed by atoms with Crippen LogP contribution >= 0.6 is 0 Å². The quantitative estimate of drug-likeness (QED) is 0.0167. The minimum atomic E-state index is -1.99. The first-order valence-corrected chi connectivity index (χ1v) is 36.8. The van der Waals surface area contributed by atoms with E-state index in [1.54, 1.807) is 77.1 Å². The highest BCUT2D eigenvalue weighted by atomic mass is 16.4. The Bertz CT molecular complexity index is 3610. The Labute approximate surface area is 652 Å². The maximum absolute atomic E-state index is 14.7. The molecule has 14 atom stereocenters. The maximum Gasteiger partial charge on any atom is 0.326 e. The number of carboxylic acid groups (broad SMARTS) is 4. The van der Waals surface area contributed by atoms with Crippen LogP contribution in [0.2, 0.25) is 0 Å². The molecule has 0 saturated carbocycles. The number of carboxylic acids is 4. The number of nitrogens with two attached hydrogens (primary N) is 4. The predicted octanol–water partition coefficient (Wildman–Crippen LogP) is -5.12. The number of rotatable bonds is 54. The highest BCUT2D eigenvalue weighted by Crippen LogP contribution is 2.16. The molecule has 0 bridgehead atoms. The van der Waals surface area contributed by atoms with Gasteiger partial charge in [-0.1, -0.05) is 90.8 Å². The standard InChI is InChI=1S/C71H111N21O21/c1-8-37(5)56(67(110)81-35-52(94)83-49(33-55(99)100)66(109)88-47(23-26-54(97)98)63(106)90-50(69(112)113)32-40-16-11-10-12-17-40)92-64(107)44(20-15-29-80-71(76)77)85-60(103)43(19-14-28-79-70(74)75)86-65(108)48(30-36(3)4)89-62(105)46(22-25-53(95)96)87-61(104)45(21-24-51(73)93)84-58(101)39(7)82-68(111)57(38(6)9-2)91-59(102)42(72)31-41-18-13-27-78-34-41/h10-13,16-18,27,34,36-39,42-50,56-57H,8-9,14-15,19-26,28-33,35,72H2,1-7H3,(H2,73,93)(H,81,110)(H,82,111)(H,83,94)(H,84,101)(H,85,103)(H,86,108)(H,87,104)(H,88,109)(H,89,105)(H,90,106)(H,91,102)(H,92,107)(H,95,96)(H,97,98)(H,99,100)(H,112,113)(H4,74,75,79)(H4,76,77,80)/t37-,38-,39-,42-,43-,44-,45-,46-,47-,48-,49-,50-,56-,57-/m0/s1. The zero-order valence-electron chi connectivity index (χ0n) is 64.3.